The summed E-state index contributed by atoms with van der Waals surface area (Å²) in [6.07, 6.45) is 7.27. The van der Waals surface area contributed by atoms with Gasteiger partial charge in [0.2, 0.25) is 0 Å². The lowest BCUT2D eigenvalue weighted by Gasteiger charge is -1.79. The standard InChI is InChI=1S/C6H11NO/c1-2-3-4-5-6-7-8/h2-3,6,8H,4-5H2,1H3/b3-2+,7-6+. The predicted octanol–water partition coefficient (Wildman–Crippen LogP) is 1.80. The number of rotatable bonds is 3. The predicted molar refractivity (Wildman–Crippen MR) is 34.3 cm³/mol. The smallest absolute Gasteiger partial charge is 0.0439 e. The number of hydrogen-bond donors (Lipinski definition) is 1. The van der Waals surface area contributed by atoms with E-state index in [0.717, 1.165) is 12.8 Å². The zero-order valence-electron chi connectivity index (χ0n) is 5.04. The van der Waals surface area contributed by atoms with E-state index in [1.54, 1.807) is 0 Å². The summed E-state index contributed by atoms with van der Waals surface area (Å²) in [7, 11) is 0. The van der Waals surface area contributed by atoms with Crippen LogP contribution in [0.1, 0.15) is 19.8 Å². The second-order valence-electron chi connectivity index (χ2n) is 1.44. The monoisotopic (exact) mass is 113 g/mol. The highest BCUT2D eigenvalue weighted by Crippen LogP contribution is 1.85. The normalized spacial score (nSPS) is 11.6. The Morgan fingerprint density at radius 2 is 2.25 bits per heavy atom. The second kappa shape index (κ2) is 6.21. The molecule has 8 heavy (non-hydrogen) atoms. The Balaban J connectivity index is 2.93. The highest BCUT2D eigenvalue weighted by Gasteiger charge is 1.72. The van der Waals surface area contributed by atoms with Crippen molar-refractivity contribution < 1.29 is 5.21 Å². The summed E-state index contributed by atoms with van der Waals surface area (Å²) in [6.45, 7) is 1.97. The zero-order chi connectivity index (χ0) is 6.24. The van der Waals surface area contributed by atoms with Crippen molar-refractivity contribution in [3.8, 4) is 0 Å². The van der Waals surface area contributed by atoms with E-state index in [2.05, 4.69) is 5.16 Å². The number of oxime groups is 1. The molecule has 0 atom stereocenters. The largest absolute Gasteiger partial charge is 0.411 e. The van der Waals surface area contributed by atoms with Crippen LogP contribution < -0.4 is 0 Å². The molecule has 0 aromatic heterocycles. The average molecular weight is 113 g/mol. The van der Waals surface area contributed by atoms with Gasteiger partial charge in [-0.1, -0.05) is 12.2 Å². The first-order chi connectivity index (χ1) is 3.91. The highest BCUT2D eigenvalue weighted by molar-refractivity contribution is 5.56. The summed E-state index contributed by atoms with van der Waals surface area (Å²) in [5, 5.41) is 10.8. The van der Waals surface area contributed by atoms with Gasteiger partial charge in [0.15, 0.2) is 0 Å². The molecule has 0 spiro atoms. The van der Waals surface area contributed by atoms with Crippen LogP contribution in [0, 0.1) is 0 Å². The molecule has 1 N–H and O–H groups in total. The highest BCUT2D eigenvalue weighted by atomic mass is 16.4. The van der Waals surface area contributed by atoms with E-state index in [9.17, 15) is 0 Å². The molecule has 2 heteroatoms. The van der Waals surface area contributed by atoms with E-state index in [1.807, 2.05) is 19.1 Å². The van der Waals surface area contributed by atoms with Gasteiger partial charge in [-0.2, -0.15) is 0 Å². The maximum absolute atomic E-state index is 7.91. The van der Waals surface area contributed by atoms with Gasteiger partial charge in [-0.3, -0.25) is 0 Å². The van der Waals surface area contributed by atoms with E-state index in [0.29, 0.717) is 0 Å². The van der Waals surface area contributed by atoms with Crippen molar-refractivity contribution in [3.05, 3.63) is 12.2 Å². The van der Waals surface area contributed by atoms with Crippen LogP contribution >= 0.6 is 0 Å². The Bertz CT molecular complexity index is 74.5. The summed E-state index contributed by atoms with van der Waals surface area (Å²) in [5.41, 5.74) is 0. The average Bonchev–Trinajstić information content (AvgIpc) is 1.81. The lowest BCUT2D eigenvalue weighted by atomic mass is 10.3. The van der Waals surface area contributed by atoms with Gasteiger partial charge in [0, 0.05) is 6.21 Å². The van der Waals surface area contributed by atoms with E-state index >= 15 is 0 Å². The first-order valence-electron chi connectivity index (χ1n) is 2.69. The molecule has 46 valence electrons. The lowest BCUT2D eigenvalue weighted by Crippen LogP contribution is -1.70. The molecular formula is C6H11NO. The van der Waals surface area contributed by atoms with Crippen LogP contribution in [0.4, 0.5) is 0 Å². The molecule has 0 aliphatic heterocycles. The van der Waals surface area contributed by atoms with Crippen LogP contribution in [0.2, 0.25) is 0 Å². The van der Waals surface area contributed by atoms with E-state index in [-0.39, 0.29) is 0 Å². The fraction of sp³-hybridized carbons (Fsp3) is 0.500. The Morgan fingerprint density at radius 3 is 2.75 bits per heavy atom. The van der Waals surface area contributed by atoms with Crippen LogP contribution in [0.25, 0.3) is 0 Å². The van der Waals surface area contributed by atoms with Crippen molar-refractivity contribution in [2.75, 3.05) is 0 Å². The molecule has 0 rings (SSSR count). The van der Waals surface area contributed by atoms with Crippen molar-refractivity contribution in [2.45, 2.75) is 19.8 Å². The van der Waals surface area contributed by atoms with Crippen molar-refractivity contribution in [2.24, 2.45) is 5.16 Å². The van der Waals surface area contributed by atoms with Crippen LogP contribution in [-0.4, -0.2) is 11.4 Å². The van der Waals surface area contributed by atoms with Crippen LogP contribution in [0.5, 0.6) is 0 Å². The minimum Gasteiger partial charge on any atom is -0.411 e. The Labute approximate surface area is 49.5 Å². The number of nitrogens with zero attached hydrogens (tertiary/aromatic N) is 1. The quantitative estimate of drug-likeness (QED) is 0.195. The van der Waals surface area contributed by atoms with Gasteiger partial charge in [-0.05, 0) is 19.8 Å². The van der Waals surface area contributed by atoms with Crippen LogP contribution in [-0.2, 0) is 0 Å². The molecule has 0 radical (unpaired) electrons. The summed E-state index contributed by atoms with van der Waals surface area (Å²) >= 11 is 0. The van der Waals surface area contributed by atoms with Crippen molar-refractivity contribution >= 4 is 6.21 Å². The van der Waals surface area contributed by atoms with Crippen molar-refractivity contribution in [1.82, 2.24) is 0 Å². The Kier molecular flexibility index (Phi) is 5.60. The zero-order valence-corrected chi connectivity index (χ0v) is 5.04. The third-order valence-corrected chi connectivity index (χ3v) is 0.780. The molecule has 0 saturated heterocycles. The molecule has 0 unspecified atom stereocenters. The summed E-state index contributed by atoms with van der Waals surface area (Å²) in [6, 6.07) is 0. The molecule has 2 nitrogen and oxygen atoms in total. The Hall–Kier alpha value is -0.790. The molecule has 0 bridgehead atoms. The van der Waals surface area contributed by atoms with Gasteiger partial charge in [0.25, 0.3) is 0 Å². The first kappa shape index (κ1) is 7.21. The van der Waals surface area contributed by atoms with Crippen molar-refractivity contribution in [1.29, 1.82) is 0 Å². The minimum atomic E-state index is 0.820. The first-order valence-corrected chi connectivity index (χ1v) is 2.69. The maximum Gasteiger partial charge on any atom is 0.0439 e. The minimum absolute atomic E-state index is 0.820. The number of unbranched alkanes of at least 4 members (excludes halogenated alkanes) is 1. The fourth-order valence-electron chi connectivity index (χ4n) is 0.395. The summed E-state index contributed by atoms with van der Waals surface area (Å²) < 4.78 is 0. The lowest BCUT2D eigenvalue weighted by molar-refractivity contribution is 0.320. The maximum atomic E-state index is 7.91. The molecule has 0 saturated carbocycles. The van der Waals surface area contributed by atoms with Gasteiger partial charge in [-0.25, -0.2) is 0 Å². The molecule has 0 aliphatic rings. The van der Waals surface area contributed by atoms with Gasteiger partial charge in [-0.15, -0.1) is 5.16 Å². The van der Waals surface area contributed by atoms with Crippen molar-refractivity contribution in [3.63, 3.8) is 0 Å². The van der Waals surface area contributed by atoms with E-state index < -0.39 is 0 Å². The molecule has 0 aromatic carbocycles. The van der Waals surface area contributed by atoms with Gasteiger partial charge < -0.3 is 5.21 Å². The molecular weight excluding hydrogens is 102 g/mol. The number of allylic oxidation sites excluding steroid dienone is 2. The van der Waals surface area contributed by atoms with Gasteiger partial charge in [0.1, 0.15) is 0 Å². The van der Waals surface area contributed by atoms with Crippen LogP contribution in [0.15, 0.2) is 17.3 Å². The molecule has 0 heterocycles. The van der Waals surface area contributed by atoms with Crippen LogP contribution in [0.3, 0.4) is 0 Å². The molecule has 0 amide bonds. The molecule has 0 fully saturated rings. The molecule has 0 aliphatic carbocycles. The number of hydrogen-bond acceptors (Lipinski definition) is 2. The summed E-state index contributed by atoms with van der Waals surface area (Å²) in [5.74, 6) is 0. The topological polar surface area (TPSA) is 32.6 Å². The van der Waals surface area contributed by atoms with Gasteiger partial charge in [0.05, 0.1) is 0 Å². The Morgan fingerprint density at radius 1 is 1.50 bits per heavy atom. The summed E-state index contributed by atoms with van der Waals surface area (Å²) in [4.78, 5) is 0. The third-order valence-electron chi connectivity index (χ3n) is 0.780. The molecule has 0 aromatic rings. The fourth-order valence-corrected chi connectivity index (χ4v) is 0.395. The van der Waals surface area contributed by atoms with E-state index in [1.165, 1.54) is 6.21 Å². The second-order valence-corrected chi connectivity index (χ2v) is 1.44. The SMILES string of the molecule is C/C=C/CC/C=N/O. The third kappa shape index (κ3) is 5.21. The van der Waals surface area contributed by atoms with E-state index in [4.69, 9.17) is 5.21 Å². The van der Waals surface area contributed by atoms with Gasteiger partial charge >= 0.3 is 0 Å².